The van der Waals surface area contributed by atoms with Crippen LogP contribution in [0.3, 0.4) is 0 Å². The summed E-state index contributed by atoms with van der Waals surface area (Å²) in [6.07, 6.45) is 8.65. The fourth-order valence-electron chi connectivity index (χ4n) is 4.92. The van der Waals surface area contributed by atoms with Gasteiger partial charge in [-0.2, -0.15) is 0 Å². The number of carbonyl (C=O) groups excluding carboxylic acids is 1. The fourth-order valence-corrected chi connectivity index (χ4v) is 4.92. The predicted molar refractivity (Wildman–Crippen MR) is 112 cm³/mol. The van der Waals surface area contributed by atoms with Crippen LogP contribution in [0.1, 0.15) is 62.5 Å². The molecule has 2 fully saturated rings. The summed E-state index contributed by atoms with van der Waals surface area (Å²) in [5.74, 6) is 0.996. The van der Waals surface area contributed by atoms with Crippen LogP contribution in [-0.4, -0.2) is 18.4 Å². The highest BCUT2D eigenvalue weighted by Crippen LogP contribution is 2.40. The smallest absolute Gasteiger partial charge is 0.137 e. The molecule has 1 aliphatic carbocycles. The Kier molecular flexibility index (Phi) is 5.61. The lowest BCUT2D eigenvalue weighted by molar-refractivity contribution is -0.120. The molecule has 1 aliphatic heterocycles. The Labute approximate surface area is 163 Å². The molecule has 1 saturated heterocycles. The lowest BCUT2D eigenvalue weighted by atomic mass is 9.71. The van der Waals surface area contributed by atoms with Crippen LogP contribution in [0.25, 0.3) is 0 Å². The van der Waals surface area contributed by atoms with Gasteiger partial charge in [0.25, 0.3) is 0 Å². The highest BCUT2D eigenvalue weighted by molar-refractivity contribution is 5.84. The summed E-state index contributed by atoms with van der Waals surface area (Å²) in [5.41, 5.74) is 3.95. The predicted octanol–water partition coefficient (Wildman–Crippen LogP) is 5.76. The molecule has 2 atom stereocenters. The van der Waals surface area contributed by atoms with Crippen molar-refractivity contribution < 1.29 is 4.79 Å². The highest BCUT2D eigenvalue weighted by atomic mass is 16.1. The number of piperidine rings is 1. The Balaban J connectivity index is 1.51. The van der Waals surface area contributed by atoms with Crippen molar-refractivity contribution in [1.29, 1.82) is 0 Å². The third kappa shape index (κ3) is 4.10. The molecule has 2 nitrogen and oxygen atoms in total. The summed E-state index contributed by atoms with van der Waals surface area (Å²) in [4.78, 5) is 14.8. The van der Waals surface area contributed by atoms with E-state index in [9.17, 15) is 4.79 Å². The zero-order valence-electron chi connectivity index (χ0n) is 16.4. The average molecular weight is 362 g/mol. The van der Waals surface area contributed by atoms with Crippen LogP contribution in [-0.2, 0) is 11.2 Å². The van der Waals surface area contributed by atoms with Crippen molar-refractivity contribution in [1.82, 2.24) is 0 Å². The van der Waals surface area contributed by atoms with Gasteiger partial charge in [0.1, 0.15) is 5.78 Å². The minimum absolute atomic E-state index is 0.106. The Hall–Kier alpha value is -2.09. The van der Waals surface area contributed by atoms with E-state index in [4.69, 9.17) is 0 Å². The molecule has 0 N–H and O–H groups in total. The minimum Gasteiger partial charge on any atom is -0.368 e. The third-order valence-corrected chi connectivity index (χ3v) is 6.58. The fraction of sp³-hybridized carbons (Fsp3) is 0.480. The molecule has 2 unspecified atom stereocenters. The maximum absolute atomic E-state index is 12.2. The van der Waals surface area contributed by atoms with E-state index in [1.54, 1.807) is 6.92 Å². The first-order chi connectivity index (χ1) is 13.2. The number of hydrogen-bond donors (Lipinski definition) is 0. The Morgan fingerprint density at radius 2 is 1.70 bits per heavy atom. The second kappa shape index (κ2) is 8.29. The van der Waals surface area contributed by atoms with Crippen molar-refractivity contribution >= 4 is 11.5 Å². The number of Topliss-reactive ketones (excluding diaryl/α,β-unsaturated/α-hetero) is 1. The van der Waals surface area contributed by atoms with Crippen LogP contribution in [0.5, 0.6) is 0 Å². The van der Waals surface area contributed by atoms with E-state index in [2.05, 4.69) is 59.5 Å². The van der Waals surface area contributed by atoms with Crippen LogP contribution in [0.15, 0.2) is 54.6 Å². The molecule has 2 heteroatoms. The Morgan fingerprint density at radius 3 is 2.33 bits per heavy atom. The molecular weight excluding hydrogens is 330 g/mol. The summed E-state index contributed by atoms with van der Waals surface area (Å²) in [6.45, 7) is 2.90. The lowest BCUT2D eigenvalue weighted by Crippen LogP contribution is -2.41. The van der Waals surface area contributed by atoms with Crippen molar-refractivity contribution in [2.24, 2.45) is 5.92 Å². The lowest BCUT2D eigenvalue weighted by Gasteiger charge is -2.38. The minimum atomic E-state index is 0.106. The van der Waals surface area contributed by atoms with E-state index in [-0.39, 0.29) is 5.92 Å². The van der Waals surface area contributed by atoms with Gasteiger partial charge >= 0.3 is 0 Å². The van der Waals surface area contributed by atoms with Crippen LogP contribution >= 0.6 is 0 Å². The van der Waals surface area contributed by atoms with Gasteiger partial charge in [0.2, 0.25) is 0 Å². The number of benzene rings is 2. The molecule has 0 spiro atoms. The number of anilines is 1. The molecule has 2 aromatic rings. The first-order valence-electron chi connectivity index (χ1n) is 10.6. The Bertz CT molecular complexity index is 748. The van der Waals surface area contributed by atoms with Gasteiger partial charge < -0.3 is 4.90 Å². The molecule has 0 amide bonds. The Morgan fingerprint density at radius 1 is 0.963 bits per heavy atom. The molecule has 1 heterocycles. The summed E-state index contributed by atoms with van der Waals surface area (Å²) in [7, 11) is 0. The van der Waals surface area contributed by atoms with Crippen LogP contribution in [0.4, 0.5) is 5.69 Å². The second-order valence-corrected chi connectivity index (χ2v) is 8.40. The van der Waals surface area contributed by atoms with Gasteiger partial charge in [-0.05, 0) is 74.6 Å². The van der Waals surface area contributed by atoms with Gasteiger partial charge in [-0.15, -0.1) is 0 Å². The summed E-state index contributed by atoms with van der Waals surface area (Å²) in [5, 5.41) is 0. The second-order valence-electron chi connectivity index (χ2n) is 8.40. The SMILES string of the molecule is CC(=O)C(c1ccc(N2CCCCC2Cc2ccccc2)cc1)C1CCC1. The molecule has 2 aliphatic rings. The number of rotatable bonds is 6. The quantitative estimate of drug-likeness (QED) is 0.652. The largest absolute Gasteiger partial charge is 0.368 e. The van der Waals surface area contributed by atoms with Gasteiger partial charge in [0.05, 0.1) is 0 Å². The number of carbonyl (C=O) groups is 1. The molecule has 4 rings (SSSR count). The van der Waals surface area contributed by atoms with Crippen molar-refractivity contribution in [3.8, 4) is 0 Å². The van der Waals surface area contributed by atoms with E-state index in [1.165, 1.54) is 55.3 Å². The average Bonchev–Trinajstić information content (AvgIpc) is 2.66. The van der Waals surface area contributed by atoms with E-state index in [0.29, 0.717) is 17.7 Å². The van der Waals surface area contributed by atoms with E-state index in [1.807, 2.05) is 0 Å². The first-order valence-corrected chi connectivity index (χ1v) is 10.6. The normalized spacial score (nSPS) is 21.5. The summed E-state index contributed by atoms with van der Waals surface area (Å²) < 4.78 is 0. The number of hydrogen-bond acceptors (Lipinski definition) is 2. The first kappa shape index (κ1) is 18.3. The third-order valence-electron chi connectivity index (χ3n) is 6.58. The van der Waals surface area contributed by atoms with E-state index >= 15 is 0 Å². The van der Waals surface area contributed by atoms with Crippen molar-refractivity contribution in [3.63, 3.8) is 0 Å². The van der Waals surface area contributed by atoms with Gasteiger partial charge in [0.15, 0.2) is 0 Å². The zero-order chi connectivity index (χ0) is 18.6. The maximum atomic E-state index is 12.2. The number of ketones is 1. The van der Waals surface area contributed by atoms with E-state index in [0.717, 1.165) is 13.0 Å². The van der Waals surface area contributed by atoms with E-state index < -0.39 is 0 Å². The van der Waals surface area contributed by atoms with Gasteiger partial charge in [-0.3, -0.25) is 4.79 Å². The van der Waals surface area contributed by atoms with Gasteiger partial charge in [-0.1, -0.05) is 48.9 Å². The van der Waals surface area contributed by atoms with Gasteiger partial charge in [-0.25, -0.2) is 0 Å². The molecule has 27 heavy (non-hydrogen) atoms. The molecule has 0 radical (unpaired) electrons. The molecule has 142 valence electrons. The number of nitrogens with zero attached hydrogens (tertiary/aromatic N) is 1. The summed E-state index contributed by atoms with van der Waals surface area (Å²) >= 11 is 0. The van der Waals surface area contributed by atoms with Crippen molar-refractivity contribution in [3.05, 3.63) is 65.7 Å². The highest BCUT2D eigenvalue weighted by Gasteiger charge is 2.32. The van der Waals surface area contributed by atoms with Crippen molar-refractivity contribution in [2.45, 2.75) is 63.8 Å². The topological polar surface area (TPSA) is 20.3 Å². The summed E-state index contributed by atoms with van der Waals surface area (Å²) in [6, 6.07) is 20.4. The molecular formula is C25H31NO. The molecule has 0 aromatic heterocycles. The molecule has 2 aromatic carbocycles. The molecule has 0 bridgehead atoms. The van der Waals surface area contributed by atoms with Crippen molar-refractivity contribution in [2.75, 3.05) is 11.4 Å². The monoisotopic (exact) mass is 361 g/mol. The standard InChI is InChI=1S/C25H31NO/c1-19(27)25(21-10-7-11-21)22-13-15-23(16-14-22)26-17-6-5-12-24(26)18-20-8-3-2-4-9-20/h2-4,8-9,13-16,21,24-25H,5-7,10-12,17-18H2,1H3. The van der Waals surface area contributed by atoms with Gasteiger partial charge in [0, 0.05) is 24.2 Å². The van der Waals surface area contributed by atoms with Crippen LogP contribution in [0.2, 0.25) is 0 Å². The van der Waals surface area contributed by atoms with Crippen LogP contribution < -0.4 is 4.90 Å². The molecule has 1 saturated carbocycles. The zero-order valence-corrected chi connectivity index (χ0v) is 16.4. The maximum Gasteiger partial charge on any atom is 0.137 e. The van der Waals surface area contributed by atoms with Crippen LogP contribution in [0, 0.1) is 5.92 Å².